The average molecular weight is 217 g/mol. The van der Waals surface area contributed by atoms with Gasteiger partial charge in [0.25, 0.3) is 0 Å². The summed E-state index contributed by atoms with van der Waals surface area (Å²) in [6.07, 6.45) is 3.60. The van der Waals surface area contributed by atoms with E-state index in [1.54, 1.807) is 12.3 Å². The lowest BCUT2D eigenvalue weighted by Gasteiger charge is -2.00. The fourth-order valence-electron chi connectivity index (χ4n) is 0.842. The van der Waals surface area contributed by atoms with Gasteiger partial charge in [-0.25, -0.2) is 14.8 Å². The highest BCUT2D eigenvalue weighted by molar-refractivity contribution is 6.34. The van der Waals surface area contributed by atoms with Crippen molar-refractivity contribution in [3.05, 3.63) is 28.0 Å². The van der Waals surface area contributed by atoms with E-state index in [2.05, 4.69) is 9.98 Å². The molecule has 0 N–H and O–H groups in total. The predicted molar refractivity (Wildman–Crippen MR) is 50.9 cm³/mol. The summed E-state index contributed by atoms with van der Waals surface area (Å²) >= 11 is 11.4. The van der Waals surface area contributed by atoms with Crippen LogP contribution in [0, 0.1) is 0 Å². The number of hydrogen-bond acceptors (Lipinski definition) is 3. The van der Waals surface area contributed by atoms with Crippen LogP contribution in [0.1, 0.15) is 5.56 Å². The number of carbonyl (C=O) groups excluding carboxylic acids is 1. The number of hydrogen-bond donors (Lipinski definition) is 0. The zero-order valence-corrected chi connectivity index (χ0v) is 8.14. The van der Waals surface area contributed by atoms with Gasteiger partial charge in [-0.2, -0.15) is 0 Å². The maximum Gasteiger partial charge on any atom is 0.234 e. The molecule has 0 radical (unpaired) electrons. The average Bonchev–Trinajstić information content (AvgIpc) is 2.09. The van der Waals surface area contributed by atoms with E-state index in [0.717, 1.165) is 5.56 Å². The van der Waals surface area contributed by atoms with E-state index in [9.17, 15) is 4.79 Å². The van der Waals surface area contributed by atoms with Gasteiger partial charge in [0, 0.05) is 11.2 Å². The third kappa shape index (κ3) is 3.15. The number of isocyanates is 1. The third-order valence-electron chi connectivity index (χ3n) is 1.45. The Morgan fingerprint density at radius 1 is 1.54 bits per heavy atom. The fraction of sp³-hybridized carbons (Fsp3) is 0.250. The lowest BCUT2D eigenvalue weighted by atomic mass is 10.2. The van der Waals surface area contributed by atoms with Crippen LogP contribution in [0.15, 0.2) is 17.3 Å². The minimum absolute atomic E-state index is 0.354. The summed E-state index contributed by atoms with van der Waals surface area (Å²) < 4.78 is 0. The molecule has 0 unspecified atom stereocenters. The van der Waals surface area contributed by atoms with Crippen molar-refractivity contribution in [3.63, 3.8) is 0 Å². The van der Waals surface area contributed by atoms with E-state index >= 15 is 0 Å². The van der Waals surface area contributed by atoms with Crippen molar-refractivity contribution in [2.24, 2.45) is 4.99 Å². The van der Waals surface area contributed by atoms with E-state index in [4.69, 9.17) is 23.2 Å². The largest absolute Gasteiger partial charge is 0.244 e. The topological polar surface area (TPSA) is 42.3 Å². The van der Waals surface area contributed by atoms with Crippen molar-refractivity contribution >= 4 is 29.3 Å². The molecule has 5 heteroatoms. The van der Waals surface area contributed by atoms with Crippen molar-refractivity contribution < 1.29 is 4.79 Å². The Labute approximate surface area is 85.4 Å². The van der Waals surface area contributed by atoms with Gasteiger partial charge in [-0.1, -0.05) is 23.2 Å². The van der Waals surface area contributed by atoms with E-state index in [1.807, 2.05) is 0 Å². The number of aliphatic imine (C=N–C) groups is 1. The molecule has 0 bridgehead atoms. The molecule has 0 saturated heterocycles. The number of halogens is 2. The highest BCUT2D eigenvalue weighted by Crippen LogP contribution is 2.18. The Bertz CT molecular complexity index is 348. The number of pyridine rings is 1. The molecule has 1 aromatic heterocycles. The van der Waals surface area contributed by atoms with E-state index in [-0.39, 0.29) is 0 Å². The molecular formula is C8H6Cl2N2O. The number of aromatic nitrogens is 1. The molecule has 0 atom stereocenters. The van der Waals surface area contributed by atoms with Gasteiger partial charge in [0.2, 0.25) is 6.08 Å². The molecule has 1 heterocycles. The van der Waals surface area contributed by atoms with Gasteiger partial charge in [0.05, 0.1) is 6.54 Å². The van der Waals surface area contributed by atoms with Crippen molar-refractivity contribution in [1.29, 1.82) is 0 Å². The van der Waals surface area contributed by atoms with E-state index in [1.165, 1.54) is 6.08 Å². The maximum absolute atomic E-state index is 9.77. The van der Waals surface area contributed by atoms with Crippen molar-refractivity contribution in [2.75, 3.05) is 6.54 Å². The van der Waals surface area contributed by atoms with Crippen LogP contribution in [-0.4, -0.2) is 17.6 Å². The molecule has 0 saturated carbocycles. The highest BCUT2D eigenvalue weighted by atomic mass is 35.5. The summed E-state index contributed by atoms with van der Waals surface area (Å²) in [6, 6.07) is 1.56. The van der Waals surface area contributed by atoms with Gasteiger partial charge in [0.15, 0.2) is 0 Å². The number of nitrogens with zero attached hydrogens (tertiary/aromatic N) is 2. The first-order chi connectivity index (χ1) is 6.24. The molecule has 0 aliphatic rings. The summed E-state index contributed by atoms with van der Waals surface area (Å²) in [6.45, 7) is 0.368. The lowest BCUT2D eigenvalue weighted by Crippen LogP contribution is -1.91. The molecule has 1 rings (SSSR count). The molecular weight excluding hydrogens is 211 g/mol. The van der Waals surface area contributed by atoms with Crippen molar-refractivity contribution in [1.82, 2.24) is 4.98 Å². The monoisotopic (exact) mass is 216 g/mol. The normalized spacial score (nSPS) is 9.38. The van der Waals surface area contributed by atoms with Crippen LogP contribution in [0.3, 0.4) is 0 Å². The summed E-state index contributed by atoms with van der Waals surface area (Å²) in [5.41, 5.74) is 0.824. The van der Waals surface area contributed by atoms with Gasteiger partial charge in [-0.05, 0) is 18.1 Å². The molecule has 3 nitrogen and oxygen atoms in total. The van der Waals surface area contributed by atoms with Crippen LogP contribution >= 0.6 is 23.2 Å². The first-order valence-corrected chi connectivity index (χ1v) is 4.33. The predicted octanol–water partition coefficient (Wildman–Crippen LogP) is 2.27. The van der Waals surface area contributed by atoms with E-state index < -0.39 is 0 Å². The Balaban J connectivity index is 2.71. The Morgan fingerprint density at radius 3 is 2.92 bits per heavy atom. The van der Waals surface area contributed by atoms with Gasteiger partial charge < -0.3 is 0 Å². The third-order valence-corrected chi connectivity index (χ3v) is 2.01. The fourth-order valence-corrected chi connectivity index (χ4v) is 1.30. The highest BCUT2D eigenvalue weighted by Gasteiger charge is 2.00. The lowest BCUT2D eigenvalue weighted by molar-refractivity contribution is 0.563. The summed E-state index contributed by atoms with van der Waals surface area (Å²) in [4.78, 5) is 17.0. The molecule has 0 spiro atoms. The Kier molecular flexibility index (Phi) is 3.90. The molecule has 1 aromatic rings. The van der Waals surface area contributed by atoms with Crippen molar-refractivity contribution in [2.45, 2.75) is 6.42 Å². The Morgan fingerprint density at radius 2 is 2.31 bits per heavy atom. The van der Waals surface area contributed by atoms with Gasteiger partial charge in [0.1, 0.15) is 5.15 Å². The standard InChI is InChI=1S/C8H6Cl2N2O/c9-7-3-8(10)12-4-6(7)1-2-11-5-13/h3-4H,1-2H2. The second-order valence-electron chi connectivity index (χ2n) is 2.32. The van der Waals surface area contributed by atoms with Crippen molar-refractivity contribution in [3.8, 4) is 0 Å². The molecule has 0 aromatic carbocycles. The molecule has 0 aliphatic heterocycles. The van der Waals surface area contributed by atoms with Crippen LogP contribution in [0.25, 0.3) is 0 Å². The molecule has 0 fully saturated rings. The Hall–Kier alpha value is -0.890. The molecule has 13 heavy (non-hydrogen) atoms. The van der Waals surface area contributed by atoms with Crippen LogP contribution in [0.5, 0.6) is 0 Å². The van der Waals surface area contributed by atoms with Gasteiger partial charge in [-0.3, -0.25) is 0 Å². The zero-order valence-electron chi connectivity index (χ0n) is 6.63. The maximum atomic E-state index is 9.77. The summed E-state index contributed by atoms with van der Waals surface area (Å²) in [5, 5.41) is 0.897. The quantitative estimate of drug-likeness (QED) is 0.442. The first-order valence-electron chi connectivity index (χ1n) is 3.57. The van der Waals surface area contributed by atoms with E-state index in [0.29, 0.717) is 23.1 Å². The zero-order chi connectivity index (χ0) is 9.68. The van der Waals surface area contributed by atoms with Crippen LogP contribution < -0.4 is 0 Å². The minimum Gasteiger partial charge on any atom is -0.244 e. The van der Waals surface area contributed by atoms with Gasteiger partial charge >= 0.3 is 0 Å². The second kappa shape index (κ2) is 4.97. The first kappa shape index (κ1) is 10.2. The SMILES string of the molecule is O=C=NCCc1cnc(Cl)cc1Cl. The minimum atomic E-state index is 0.354. The van der Waals surface area contributed by atoms with Gasteiger partial charge in [-0.15, -0.1) is 0 Å². The molecule has 0 aliphatic carbocycles. The summed E-state index contributed by atoms with van der Waals surface area (Å²) in [7, 11) is 0. The van der Waals surface area contributed by atoms with Crippen LogP contribution in [0.4, 0.5) is 0 Å². The molecule has 0 amide bonds. The van der Waals surface area contributed by atoms with Crippen LogP contribution in [-0.2, 0) is 11.2 Å². The second-order valence-corrected chi connectivity index (χ2v) is 3.12. The molecule has 68 valence electrons. The number of rotatable bonds is 3. The van der Waals surface area contributed by atoms with Crippen LogP contribution in [0.2, 0.25) is 10.2 Å². The summed E-state index contributed by atoms with van der Waals surface area (Å²) in [5.74, 6) is 0. The smallest absolute Gasteiger partial charge is 0.234 e.